The van der Waals surface area contributed by atoms with Gasteiger partial charge in [0.05, 0.1) is 23.4 Å². The Kier molecular flexibility index (Phi) is 7.23. The molecule has 0 bridgehead atoms. The molecule has 36 heavy (non-hydrogen) atoms. The van der Waals surface area contributed by atoms with Crippen LogP contribution in [-0.4, -0.2) is 35.0 Å². The molecule has 8 heteroatoms. The average molecular weight is 519 g/mol. The second-order valence-corrected chi connectivity index (χ2v) is 9.39. The van der Waals surface area contributed by atoms with E-state index in [9.17, 15) is 0 Å². The molecule has 3 heterocycles. The highest BCUT2D eigenvalue weighted by atomic mass is 35.5. The Bertz CT molecular complexity index is 1360. The first-order valence-electron chi connectivity index (χ1n) is 11.7. The van der Waals surface area contributed by atoms with Gasteiger partial charge in [-0.15, -0.1) is 0 Å². The molecule has 2 aromatic carbocycles. The number of hydrogen-bond donors (Lipinski definition) is 1. The number of halogens is 1. The molecule has 1 aliphatic rings. The van der Waals surface area contributed by atoms with Crippen LogP contribution in [0, 0.1) is 6.92 Å². The summed E-state index contributed by atoms with van der Waals surface area (Å²) in [6, 6.07) is 24.0. The normalized spacial score (nSPS) is 17.3. The Balaban J connectivity index is 1.59. The maximum atomic E-state index is 6.63. The van der Waals surface area contributed by atoms with Crippen LogP contribution >= 0.6 is 23.8 Å². The minimum absolute atomic E-state index is 0.159. The van der Waals surface area contributed by atoms with Gasteiger partial charge in [-0.3, -0.25) is 4.98 Å². The van der Waals surface area contributed by atoms with Crippen molar-refractivity contribution < 1.29 is 9.47 Å². The third-order valence-corrected chi connectivity index (χ3v) is 6.81. The lowest BCUT2D eigenvalue weighted by molar-refractivity contribution is 0.146. The molecule has 0 unspecified atom stereocenters. The fourth-order valence-corrected chi connectivity index (χ4v) is 5.15. The standard InChI is InChI=1S/C28H27ClN4O2S/c1-19-7-5-8-20(17-19)32-14-6-10-24(32)27-26(23-9-3-4-13-30-23)31-28(36)33(27)21-11-12-25(22(29)18-21)35-16-15-34-2/h3-14,17-18,26-27H,15-16H2,1-2H3,(H,31,36)/t26-,27+/m1/s1. The highest BCUT2D eigenvalue weighted by Gasteiger charge is 2.42. The second kappa shape index (κ2) is 10.7. The SMILES string of the molecule is COCCOc1ccc(N2C(=S)N[C@H](c3ccccn3)[C@@H]2c2cccn2-c2cccc(C)c2)cc1Cl. The van der Waals surface area contributed by atoms with E-state index in [1.807, 2.05) is 42.6 Å². The smallest absolute Gasteiger partial charge is 0.174 e. The molecule has 0 aliphatic carbocycles. The van der Waals surface area contributed by atoms with E-state index in [1.165, 1.54) is 5.56 Å². The van der Waals surface area contributed by atoms with Gasteiger partial charge in [-0.05, 0) is 79.3 Å². The molecule has 1 N–H and O–H groups in total. The molecule has 6 nitrogen and oxygen atoms in total. The number of ether oxygens (including phenoxy) is 2. The average Bonchev–Trinajstić information content (AvgIpc) is 3.50. The van der Waals surface area contributed by atoms with Gasteiger partial charge in [0.25, 0.3) is 0 Å². The lowest BCUT2D eigenvalue weighted by Crippen LogP contribution is -2.30. The minimum Gasteiger partial charge on any atom is -0.490 e. The first-order valence-corrected chi connectivity index (χ1v) is 12.5. The van der Waals surface area contributed by atoms with Crippen LogP contribution in [0.25, 0.3) is 5.69 Å². The van der Waals surface area contributed by atoms with Crippen LogP contribution in [0.5, 0.6) is 5.75 Å². The van der Waals surface area contributed by atoms with Crippen molar-refractivity contribution >= 4 is 34.6 Å². The molecule has 1 aliphatic heterocycles. The number of rotatable bonds is 8. The molecule has 1 fully saturated rings. The van der Waals surface area contributed by atoms with Crippen molar-refractivity contribution in [1.82, 2.24) is 14.9 Å². The number of benzene rings is 2. The van der Waals surface area contributed by atoms with E-state index in [2.05, 4.69) is 69.3 Å². The summed E-state index contributed by atoms with van der Waals surface area (Å²) in [5, 5.41) is 4.64. The Labute approximate surface area is 221 Å². The Hall–Kier alpha value is -3.39. The molecule has 0 saturated carbocycles. The fraction of sp³-hybridized carbons (Fsp3) is 0.214. The number of thiocarbonyl (C=S) groups is 1. The number of anilines is 1. The van der Waals surface area contributed by atoms with E-state index in [-0.39, 0.29) is 12.1 Å². The molecule has 2 atom stereocenters. The van der Waals surface area contributed by atoms with Crippen molar-refractivity contribution in [2.24, 2.45) is 0 Å². The number of aryl methyl sites for hydroxylation is 1. The van der Waals surface area contributed by atoms with E-state index in [0.717, 1.165) is 22.8 Å². The number of hydrogen-bond acceptors (Lipinski definition) is 4. The summed E-state index contributed by atoms with van der Waals surface area (Å²) in [4.78, 5) is 6.77. The number of methoxy groups -OCH3 is 1. The zero-order valence-corrected chi connectivity index (χ0v) is 21.7. The van der Waals surface area contributed by atoms with Gasteiger partial charge in [-0.25, -0.2) is 0 Å². The Morgan fingerprint density at radius 3 is 2.64 bits per heavy atom. The monoisotopic (exact) mass is 518 g/mol. The highest BCUT2D eigenvalue weighted by molar-refractivity contribution is 7.80. The molecule has 4 aromatic rings. The molecule has 0 spiro atoms. The van der Waals surface area contributed by atoms with Crippen LogP contribution in [0.2, 0.25) is 5.02 Å². The summed E-state index contributed by atoms with van der Waals surface area (Å²) >= 11 is 12.5. The van der Waals surface area contributed by atoms with E-state index in [1.54, 1.807) is 7.11 Å². The number of nitrogens with one attached hydrogen (secondary N) is 1. The van der Waals surface area contributed by atoms with Gasteiger partial charge in [0.15, 0.2) is 5.11 Å². The van der Waals surface area contributed by atoms with Gasteiger partial charge in [-0.2, -0.15) is 0 Å². The second-order valence-electron chi connectivity index (χ2n) is 8.59. The van der Waals surface area contributed by atoms with Crippen LogP contribution in [0.15, 0.2) is 85.2 Å². The van der Waals surface area contributed by atoms with Gasteiger partial charge >= 0.3 is 0 Å². The van der Waals surface area contributed by atoms with Crippen molar-refractivity contribution in [3.63, 3.8) is 0 Å². The molecular weight excluding hydrogens is 492 g/mol. The molecule has 0 amide bonds. The zero-order valence-electron chi connectivity index (χ0n) is 20.1. The van der Waals surface area contributed by atoms with Gasteiger partial charge in [0.1, 0.15) is 18.4 Å². The maximum absolute atomic E-state index is 6.63. The zero-order chi connectivity index (χ0) is 25.1. The van der Waals surface area contributed by atoms with Crippen molar-refractivity contribution in [2.75, 3.05) is 25.2 Å². The van der Waals surface area contributed by atoms with Crippen molar-refractivity contribution in [2.45, 2.75) is 19.0 Å². The number of pyridine rings is 1. The molecular formula is C28H27ClN4O2S. The lowest BCUT2D eigenvalue weighted by Gasteiger charge is -2.29. The van der Waals surface area contributed by atoms with Crippen LogP contribution in [-0.2, 0) is 4.74 Å². The topological polar surface area (TPSA) is 51.6 Å². The molecule has 0 radical (unpaired) electrons. The third kappa shape index (κ3) is 4.82. The summed E-state index contributed by atoms with van der Waals surface area (Å²) in [6.45, 7) is 3.01. The van der Waals surface area contributed by atoms with Gasteiger partial charge < -0.3 is 24.3 Å². The summed E-state index contributed by atoms with van der Waals surface area (Å²) in [6.07, 6.45) is 3.89. The predicted molar refractivity (Wildman–Crippen MR) is 147 cm³/mol. The van der Waals surface area contributed by atoms with Crippen molar-refractivity contribution in [3.8, 4) is 11.4 Å². The number of nitrogens with zero attached hydrogens (tertiary/aromatic N) is 3. The maximum Gasteiger partial charge on any atom is 0.174 e. The molecule has 2 aromatic heterocycles. The van der Waals surface area contributed by atoms with Gasteiger partial charge in [-0.1, -0.05) is 29.8 Å². The first kappa shape index (κ1) is 24.3. The summed E-state index contributed by atoms with van der Waals surface area (Å²) < 4.78 is 13.0. The van der Waals surface area contributed by atoms with Crippen molar-refractivity contribution in [1.29, 1.82) is 0 Å². The van der Waals surface area contributed by atoms with Crippen LogP contribution in [0.4, 0.5) is 5.69 Å². The molecule has 184 valence electrons. The quantitative estimate of drug-likeness (QED) is 0.227. The summed E-state index contributed by atoms with van der Waals surface area (Å²) in [5.41, 5.74) is 5.15. The Morgan fingerprint density at radius 2 is 1.89 bits per heavy atom. The van der Waals surface area contributed by atoms with E-state index >= 15 is 0 Å². The van der Waals surface area contributed by atoms with E-state index in [4.69, 9.17) is 33.3 Å². The largest absolute Gasteiger partial charge is 0.490 e. The summed E-state index contributed by atoms with van der Waals surface area (Å²) in [5.74, 6) is 0.608. The predicted octanol–water partition coefficient (Wildman–Crippen LogP) is 6.04. The van der Waals surface area contributed by atoms with Gasteiger partial charge in [0, 0.05) is 36.6 Å². The molecule has 5 rings (SSSR count). The summed E-state index contributed by atoms with van der Waals surface area (Å²) in [7, 11) is 1.64. The highest BCUT2D eigenvalue weighted by Crippen LogP contribution is 2.43. The van der Waals surface area contributed by atoms with Crippen LogP contribution in [0.3, 0.4) is 0 Å². The Morgan fingerprint density at radius 1 is 1.00 bits per heavy atom. The minimum atomic E-state index is -0.167. The fourth-order valence-electron chi connectivity index (χ4n) is 4.57. The van der Waals surface area contributed by atoms with Crippen LogP contribution in [0.1, 0.15) is 29.0 Å². The van der Waals surface area contributed by atoms with E-state index < -0.39 is 0 Å². The molecule has 1 saturated heterocycles. The van der Waals surface area contributed by atoms with Crippen molar-refractivity contribution in [3.05, 3.63) is 107 Å². The number of aromatic nitrogens is 2. The van der Waals surface area contributed by atoms with E-state index in [0.29, 0.717) is 29.1 Å². The van der Waals surface area contributed by atoms with Crippen LogP contribution < -0.4 is 15.0 Å². The van der Waals surface area contributed by atoms with Gasteiger partial charge in [0.2, 0.25) is 0 Å². The lowest BCUT2D eigenvalue weighted by atomic mass is 10.0. The first-order chi connectivity index (χ1) is 17.6. The third-order valence-electron chi connectivity index (χ3n) is 6.20.